The second-order valence-electron chi connectivity index (χ2n) is 5.48. The highest BCUT2D eigenvalue weighted by molar-refractivity contribution is 5.38. The molecule has 0 spiro atoms. The second kappa shape index (κ2) is 7.58. The lowest BCUT2D eigenvalue weighted by Crippen LogP contribution is -2.50. The van der Waals surface area contributed by atoms with Gasteiger partial charge in [0.25, 0.3) is 12.2 Å². The molecule has 116 valence electrons. The number of nitro groups is 1. The van der Waals surface area contributed by atoms with Crippen molar-refractivity contribution in [2.75, 3.05) is 13.1 Å². The van der Waals surface area contributed by atoms with Crippen molar-refractivity contribution in [3.05, 3.63) is 34.4 Å². The molecule has 1 heterocycles. The van der Waals surface area contributed by atoms with Crippen molar-refractivity contribution in [2.24, 2.45) is 0 Å². The zero-order valence-corrected chi connectivity index (χ0v) is 12.4. The van der Waals surface area contributed by atoms with E-state index >= 15 is 0 Å². The molecule has 21 heavy (non-hydrogen) atoms. The molecule has 1 saturated heterocycles. The molecule has 1 aromatic rings. The van der Waals surface area contributed by atoms with Gasteiger partial charge < -0.3 is 14.8 Å². The Morgan fingerprint density at radius 1 is 1.38 bits per heavy atom. The van der Waals surface area contributed by atoms with E-state index in [0.29, 0.717) is 12.2 Å². The van der Waals surface area contributed by atoms with E-state index in [4.69, 9.17) is 4.74 Å². The van der Waals surface area contributed by atoms with E-state index < -0.39 is 4.92 Å². The summed E-state index contributed by atoms with van der Waals surface area (Å²) in [4.78, 5) is 19.6. The van der Waals surface area contributed by atoms with Crippen LogP contribution in [0.15, 0.2) is 24.3 Å². The highest BCUT2D eigenvalue weighted by Crippen LogP contribution is 2.20. The number of non-ortho nitro benzene ring substituents is 1. The molecule has 0 saturated carbocycles. The molecular formula is C14H20N2O5. The first kappa shape index (κ1) is 16.9. The first-order chi connectivity index (χ1) is 9.81. The Morgan fingerprint density at radius 3 is 2.43 bits per heavy atom. The van der Waals surface area contributed by atoms with Gasteiger partial charge in [-0.15, -0.1) is 0 Å². The summed E-state index contributed by atoms with van der Waals surface area (Å²) in [5.74, 6) is 0.561. The number of rotatable bonds is 4. The summed E-state index contributed by atoms with van der Waals surface area (Å²) in [6, 6.07) is 6.25. The van der Waals surface area contributed by atoms with Crippen molar-refractivity contribution in [3.63, 3.8) is 0 Å². The highest BCUT2D eigenvalue weighted by atomic mass is 16.6. The molecule has 0 unspecified atom stereocenters. The first-order valence-electron chi connectivity index (χ1n) is 6.55. The minimum atomic E-state index is -0.425. The number of ether oxygens (including phenoxy) is 2. The van der Waals surface area contributed by atoms with Crippen LogP contribution in [0.25, 0.3) is 0 Å². The summed E-state index contributed by atoms with van der Waals surface area (Å²) in [6.07, 6.45) is 0.150. The van der Waals surface area contributed by atoms with Gasteiger partial charge >= 0.3 is 0 Å². The Labute approximate surface area is 123 Å². The molecule has 1 N–H and O–H groups in total. The van der Waals surface area contributed by atoms with Gasteiger partial charge in [0.1, 0.15) is 17.5 Å². The maximum absolute atomic E-state index is 10.5. The van der Waals surface area contributed by atoms with Crippen LogP contribution in [-0.4, -0.2) is 36.2 Å². The molecule has 0 atom stereocenters. The highest BCUT2D eigenvalue weighted by Gasteiger charge is 2.19. The van der Waals surface area contributed by atoms with Gasteiger partial charge in [-0.1, -0.05) is 6.07 Å². The Hall–Kier alpha value is -2.15. The van der Waals surface area contributed by atoms with Crippen molar-refractivity contribution in [1.29, 1.82) is 0 Å². The Balaban J connectivity index is 0.000000270. The largest absolute Gasteiger partial charge is 0.488 e. The van der Waals surface area contributed by atoms with E-state index in [-0.39, 0.29) is 17.4 Å². The van der Waals surface area contributed by atoms with Gasteiger partial charge in [-0.05, 0) is 26.8 Å². The fraction of sp³-hybridized carbons (Fsp3) is 0.500. The summed E-state index contributed by atoms with van der Waals surface area (Å²) in [5.41, 5.74) is -0.253. The molecule has 1 aromatic carbocycles. The number of nitrogens with zero attached hydrogens (tertiary/aromatic N) is 1. The van der Waals surface area contributed by atoms with E-state index in [2.05, 4.69) is 10.1 Å². The second-order valence-corrected chi connectivity index (χ2v) is 5.48. The smallest absolute Gasteiger partial charge is 0.293 e. The lowest BCUT2D eigenvalue weighted by molar-refractivity contribution is -0.385. The number of benzene rings is 1. The van der Waals surface area contributed by atoms with Crippen LogP contribution in [0.1, 0.15) is 20.8 Å². The van der Waals surface area contributed by atoms with Crippen LogP contribution >= 0.6 is 0 Å². The van der Waals surface area contributed by atoms with Crippen molar-refractivity contribution in [2.45, 2.75) is 32.5 Å². The SMILES string of the molecule is CC(C)(C)OC=O.O=[N+]([O-])c1cccc(OC2CNC2)c1. The van der Waals surface area contributed by atoms with Crippen molar-refractivity contribution >= 4 is 12.2 Å². The summed E-state index contributed by atoms with van der Waals surface area (Å²) in [6.45, 7) is 7.54. The zero-order chi connectivity index (χ0) is 15.9. The predicted octanol–water partition coefficient (Wildman–Crippen LogP) is 1.90. The van der Waals surface area contributed by atoms with Gasteiger partial charge in [0.15, 0.2) is 0 Å². The summed E-state index contributed by atoms with van der Waals surface area (Å²) < 4.78 is 10.0. The number of nitro benzene ring substituents is 1. The van der Waals surface area contributed by atoms with Gasteiger partial charge in [0.2, 0.25) is 0 Å². The van der Waals surface area contributed by atoms with Crippen LogP contribution in [0.3, 0.4) is 0 Å². The summed E-state index contributed by atoms with van der Waals surface area (Å²) in [5, 5.41) is 13.5. The summed E-state index contributed by atoms with van der Waals surface area (Å²) in [7, 11) is 0. The van der Waals surface area contributed by atoms with Crippen LogP contribution < -0.4 is 10.1 Å². The van der Waals surface area contributed by atoms with E-state index in [1.807, 2.05) is 20.8 Å². The Kier molecular flexibility index (Phi) is 6.10. The van der Waals surface area contributed by atoms with Crippen LogP contribution in [-0.2, 0) is 9.53 Å². The molecule has 2 rings (SSSR count). The van der Waals surface area contributed by atoms with Gasteiger partial charge in [-0.2, -0.15) is 0 Å². The number of hydrogen-bond donors (Lipinski definition) is 1. The maximum Gasteiger partial charge on any atom is 0.293 e. The third-order valence-electron chi connectivity index (χ3n) is 2.48. The first-order valence-corrected chi connectivity index (χ1v) is 6.55. The van der Waals surface area contributed by atoms with Gasteiger partial charge in [0.05, 0.1) is 11.0 Å². The van der Waals surface area contributed by atoms with E-state index in [1.165, 1.54) is 12.1 Å². The molecule has 1 fully saturated rings. The van der Waals surface area contributed by atoms with E-state index in [9.17, 15) is 14.9 Å². The molecule has 7 heteroatoms. The number of hydrogen-bond acceptors (Lipinski definition) is 6. The average molecular weight is 296 g/mol. The molecule has 7 nitrogen and oxygen atoms in total. The number of carbonyl (C=O) groups is 1. The van der Waals surface area contributed by atoms with Crippen molar-refractivity contribution in [3.8, 4) is 5.75 Å². The third kappa shape index (κ3) is 6.71. The van der Waals surface area contributed by atoms with Crippen molar-refractivity contribution in [1.82, 2.24) is 5.32 Å². The van der Waals surface area contributed by atoms with Crippen LogP contribution in [0.4, 0.5) is 5.69 Å². The van der Waals surface area contributed by atoms with E-state index in [1.54, 1.807) is 12.1 Å². The fourth-order valence-electron chi connectivity index (χ4n) is 1.35. The topological polar surface area (TPSA) is 90.7 Å². The molecule has 0 aliphatic carbocycles. The zero-order valence-electron chi connectivity index (χ0n) is 12.4. The maximum atomic E-state index is 10.5. The number of nitrogens with one attached hydrogen (secondary N) is 1. The quantitative estimate of drug-likeness (QED) is 0.518. The minimum Gasteiger partial charge on any atom is -0.488 e. The van der Waals surface area contributed by atoms with Crippen LogP contribution in [0.5, 0.6) is 5.75 Å². The normalized spacial score (nSPS) is 14.2. The monoisotopic (exact) mass is 296 g/mol. The molecule has 0 amide bonds. The summed E-state index contributed by atoms with van der Waals surface area (Å²) >= 11 is 0. The molecular weight excluding hydrogens is 276 g/mol. The fourth-order valence-corrected chi connectivity index (χ4v) is 1.35. The minimum absolute atomic E-state index is 0.0646. The lowest BCUT2D eigenvalue weighted by atomic mass is 10.2. The third-order valence-corrected chi connectivity index (χ3v) is 2.48. The average Bonchev–Trinajstić information content (AvgIpc) is 2.33. The Morgan fingerprint density at radius 2 is 2.05 bits per heavy atom. The molecule has 0 radical (unpaired) electrons. The molecule has 0 bridgehead atoms. The van der Waals surface area contributed by atoms with Crippen LogP contribution in [0.2, 0.25) is 0 Å². The van der Waals surface area contributed by atoms with Crippen LogP contribution in [0, 0.1) is 10.1 Å². The van der Waals surface area contributed by atoms with Crippen molar-refractivity contribution < 1.29 is 19.2 Å². The van der Waals surface area contributed by atoms with Gasteiger partial charge in [0, 0.05) is 19.2 Å². The van der Waals surface area contributed by atoms with E-state index in [0.717, 1.165) is 13.1 Å². The molecule has 0 aromatic heterocycles. The Bertz CT molecular complexity index is 480. The standard InChI is InChI=1S/C9H10N2O3.C5H10O2/c12-11(13)7-2-1-3-8(4-7)14-9-5-10-6-9;1-5(2,3)7-4-6/h1-4,9-10H,5-6H2;4H,1-3H3. The molecule has 1 aliphatic rings. The molecule has 1 aliphatic heterocycles. The lowest BCUT2D eigenvalue weighted by Gasteiger charge is -2.27. The predicted molar refractivity (Wildman–Crippen MR) is 77.3 cm³/mol. The van der Waals surface area contributed by atoms with Gasteiger partial charge in [-0.3, -0.25) is 14.9 Å². The number of carbonyl (C=O) groups excluding carboxylic acids is 1. The van der Waals surface area contributed by atoms with Gasteiger partial charge in [-0.25, -0.2) is 0 Å².